The van der Waals surface area contributed by atoms with Crippen LogP contribution >= 0.6 is 0 Å². The maximum Gasteiger partial charge on any atom is 0.245 e. The number of aromatic nitrogens is 3. The third-order valence-corrected chi connectivity index (χ3v) is 2.30. The molecule has 0 aromatic carbocycles. The molecule has 96 valence electrons. The van der Waals surface area contributed by atoms with Crippen molar-refractivity contribution >= 4 is 11.6 Å². The van der Waals surface area contributed by atoms with Crippen LogP contribution in [0.15, 0.2) is 22.7 Å². The highest BCUT2D eigenvalue weighted by atomic mass is 16.5. The van der Waals surface area contributed by atoms with Crippen LogP contribution in [0.2, 0.25) is 0 Å². The van der Waals surface area contributed by atoms with Crippen LogP contribution in [0.5, 0.6) is 0 Å². The van der Waals surface area contributed by atoms with E-state index in [0.29, 0.717) is 18.3 Å². The fraction of sp³-hybridized carbons (Fsp3) is 0.417. The van der Waals surface area contributed by atoms with Gasteiger partial charge in [0.15, 0.2) is 5.82 Å². The van der Waals surface area contributed by atoms with Gasteiger partial charge in [-0.25, -0.2) is 4.98 Å². The minimum Gasteiger partial charge on any atom is -0.370 e. The van der Waals surface area contributed by atoms with Gasteiger partial charge >= 0.3 is 0 Å². The summed E-state index contributed by atoms with van der Waals surface area (Å²) in [6.07, 6.45) is 1.07. The number of nitrogens with zero attached hydrogens (tertiary/aromatic N) is 3. The summed E-state index contributed by atoms with van der Waals surface area (Å²) in [6.45, 7) is 5.30. The molecular formula is C12H17N5O. The molecule has 0 bridgehead atoms. The molecule has 0 atom stereocenters. The van der Waals surface area contributed by atoms with E-state index in [9.17, 15) is 0 Å². The first-order chi connectivity index (χ1) is 8.78. The summed E-state index contributed by atoms with van der Waals surface area (Å²) in [4.78, 5) is 8.53. The zero-order chi connectivity index (χ0) is 12.8. The zero-order valence-electron chi connectivity index (χ0n) is 10.6. The molecule has 2 rings (SSSR count). The Labute approximate surface area is 106 Å². The van der Waals surface area contributed by atoms with Gasteiger partial charge in [0.05, 0.1) is 6.54 Å². The van der Waals surface area contributed by atoms with Crippen LogP contribution in [0.4, 0.5) is 11.6 Å². The molecule has 18 heavy (non-hydrogen) atoms. The lowest BCUT2D eigenvalue weighted by Gasteiger charge is -2.06. The van der Waals surface area contributed by atoms with Crippen LogP contribution in [0.25, 0.3) is 0 Å². The Bertz CT molecular complexity index is 497. The molecule has 0 fully saturated rings. The molecule has 0 unspecified atom stereocenters. The van der Waals surface area contributed by atoms with E-state index in [1.807, 2.05) is 18.2 Å². The molecule has 0 radical (unpaired) electrons. The lowest BCUT2D eigenvalue weighted by atomic mass is 10.4. The van der Waals surface area contributed by atoms with E-state index in [4.69, 9.17) is 4.52 Å². The highest BCUT2D eigenvalue weighted by molar-refractivity contribution is 5.44. The van der Waals surface area contributed by atoms with Crippen molar-refractivity contribution < 1.29 is 4.52 Å². The average molecular weight is 247 g/mol. The lowest BCUT2D eigenvalue weighted by Crippen LogP contribution is -2.05. The van der Waals surface area contributed by atoms with E-state index < -0.39 is 0 Å². The second-order valence-corrected chi connectivity index (χ2v) is 3.92. The smallest absolute Gasteiger partial charge is 0.245 e. The molecule has 0 saturated heterocycles. The summed E-state index contributed by atoms with van der Waals surface area (Å²) in [7, 11) is 0. The monoisotopic (exact) mass is 247 g/mol. The fourth-order valence-corrected chi connectivity index (χ4v) is 1.46. The maximum absolute atomic E-state index is 5.01. The molecular weight excluding hydrogens is 230 g/mol. The van der Waals surface area contributed by atoms with Gasteiger partial charge in [-0.05, 0) is 25.5 Å². The Morgan fingerprint density at radius 1 is 1.17 bits per heavy atom. The van der Waals surface area contributed by atoms with Crippen LogP contribution in [-0.2, 0) is 6.54 Å². The number of aryl methyl sites for hydroxylation is 1. The van der Waals surface area contributed by atoms with Gasteiger partial charge < -0.3 is 15.2 Å². The summed E-state index contributed by atoms with van der Waals surface area (Å²) < 4.78 is 5.01. The number of pyridine rings is 1. The second kappa shape index (κ2) is 6.00. The summed E-state index contributed by atoms with van der Waals surface area (Å²) in [5.41, 5.74) is 0. The van der Waals surface area contributed by atoms with E-state index >= 15 is 0 Å². The van der Waals surface area contributed by atoms with Gasteiger partial charge in [0.1, 0.15) is 11.6 Å². The van der Waals surface area contributed by atoms with Crippen molar-refractivity contribution in [3.05, 3.63) is 29.9 Å². The fourth-order valence-electron chi connectivity index (χ4n) is 1.46. The summed E-state index contributed by atoms with van der Waals surface area (Å²) in [5.74, 6) is 2.84. The first kappa shape index (κ1) is 12.3. The Hall–Kier alpha value is -2.11. The molecule has 6 heteroatoms. The zero-order valence-corrected chi connectivity index (χ0v) is 10.6. The average Bonchev–Trinajstić information content (AvgIpc) is 2.80. The van der Waals surface area contributed by atoms with Crippen LogP contribution < -0.4 is 10.6 Å². The molecule has 0 spiro atoms. The Kier molecular flexibility index (Phi) is 4.11. The highest BCUT2D eigenvalue weighted by Crippen LogP contribution is 2.10. The molecule has 0 saturated carbocycles. The van der Waals surface area contributed by atoms with Crippen molar-refractivity contribution in [3.63, 3.8) is 0 Å². The van der Waals surface area contributed by atoms with Gasteiger partial charge in [0, 0.05) is 6.54 Å². The molecule has 0 aliphatic carbocycles. The van der Waals surface area contributed by atoms with Crippen molar-refractivity contribution in [2.24, 2.45) is 0 Å². The number of rotatable bonds is 6. The molecule has 6 nitrogen and oxygen atoms in total. The molecule has 0 aliphatic heterocycles. The van der Waals surface area contributed by atoms with Gasteiger partial charge in [0.25, 0.3) is 0 Å². The van der Waals surface area contributed by atoms with Gasteiger partial charge in [-0.15, -0.1) is 0 Å². The molecule has 2 N–H and O–H groups in total. The molecule has 2 heterocycles. The lowest BCUT2D eigenvalue weighted by molar-refractivity contribution is 0.379. The number of anilines is 2. The first-order valence-corrected chi connectivity index (χ1v) is 6.02. The number of hydrogen-bond donors (Lipinski definition) is 2. The Morgan fingerprint density at radius 3 is 2.61 bits per heavy atom. The quantitative estimate of drug-likeness (QED) is 0.815. The Morgan fingerprint density at radius 2 is 1.94 bits per heavy atom. The van der Waals surface area contributed by atoms with E-state index in [2.05, 4.69) is 32.7 Å². The predicted molar refractivity (Wildman–Crippen MR) is 69.4 cm³/mol. The normalized spacial score (nSPS) is 10.3. The van der Waals surface area contributed by atoms with Crippen molar-refractivity contribution in [2.75, 3.05) is 17.2 Å². The number of nitrogens with one attached hydrogen (secondary N) is 2. The van der Waals surface area contributed by atoms with Crippen LogP contribution in [0.1, 0.15) is 25.1 Å². The standard InChI is InChI=1S/C12H17N5O/c1-3-7-13-10-5-4-6-11(16-10)14-8-12-15-9(2)17-18-12/h4-6H,3,7-8H2,1-2H3,(H2,13,14,16). The summed E-state index contributed by atoms with van der Waals surface area (Å²) >= 11 is 0. The second-order valence-electron chi connectivity index (χ2n) is 3.92. The highest BCUT2D eigenvalue weighted by Gasteiger charge is 2.03. The van der Waals surface area contributed by atoms with Gasteiger partial charge in [0.2, 0.25) is 5.89 Å². The first-order valence-electron chi connectivity index (χ1n) is 6.02. The topological polar surface area (TPSA) is 75.9 Å². The van der Waals surface area contributed by atoms with E-state index in [1.54, 1.807) is 6.92 Å². The summed E-state index contributed by atoms with van der Waals surface area (Å²) in [6, 6.07) is 5.80. The van der Waals surface area contributed by atoms with Crippen LogP contribution in [-0.4, -0.2) is 21.7 Å². The van der Waals surface area contributed by atoms with E-state index in [1.165, 1.54) is 0 Å². The third kappa shape index (κ3) is 3.44. The van der Waals surface area contributed by atoms with Crippen LogP contribution in [0.3, 0.4) is 0 Å². The van der Waals surface area contributed by atoms with Crippen LogP contribution in [0, 0.1) is 6.92 Å². The number of hydrogen-bond acceptors (Lipinski definition) is 6. The molecule has 0 amide bonds. The minimum atomic E-state index is 0.477. The molecule has 2 aromatic heterocycles. The van der Waals surface area contributed by atoms with Crippen molar-refractivity contribution in [3.8, 4) is 0 Å². The SMILES string of the molecule is CCCNc1cccc(NCc2nc(C)no2)n1. The van der Waals surface area contributed by atoms with E-state index in [-0.39, 0.29) is 0 Å². The van der Waals surface area contributed by atoms with Crippen molar-refractivity contribution in [2.45, 2.75) is 26.8 Å². The third-order valence-electron chi connectivity index (χ3n) is 2.30. The van der Waals surface area contributed by atoms with Crippen molar-refractivity contribution in [1.29, 1.82) is 0 Å². The van der Waals surface area contributed by atoms with Crippen molar-refractivity contribution in [1.82, 2.24) is 15.1 Å². The van der Waals surface area contributed by atoms with E-state index in [0.717, 1.165) is 24.6 Å². The Balaban J connectivity index is 1.92. The van der Waals surface area contributed by atoms with Gasteiger partial charge in [-0.1, -0.05) is 18.1 Å². The van der Waals surface area contributed by atoms with Gasteiger partial charge in [-0.3, -0.25) is 0 Å². The molecule has 0 aliphatic rings. The predicted octanol–water partition coefficient (Wildman–Crippen LogP) is 2.21. The molecule has 2 aromatic rings. The largest absolute Gasteiger partial charge is 0.370 e. The minimum absolute atomic E-state index is 0.477. The summed E-state index contributed by atoms with van der Waals surface area (Å²) in [5, 5.41) is 10.1. The van der Waals surface area contributed by atoms with Gasteiger partial charge in [-0.2, -0.15) is 4.98 Å². The maximum atomic E-state index is 5.01.